The van der Waals surface area contributed by atoms with Crippen molar-refractivity contribution in [1.82, 2.24) is 24.9 Å². The van der Waals surface area contributed by atoms with Gasteiger partial charge in [0, 0.05) is 24.8 Å². The summed E-state index contributed by atoms with van der Waals surface area (Å²) in [5, 5.41) is 12.3. The second-order valence-corrected chi connectivity index (χ2v) is 4.58. The van der Waals surface area contributed by atoms with E-state index in [4.69, 9.17) is 0 Å². The molecule has 2 rings (SSSR count). The molecule has 5 heteroatoms. The van der Waals surface area contributed by atoms with Gasteiger partial charge in [-0.1, -0.05) is 6.92 Å². The van der Waals surface area contributed by atoms with Crippen LogP contribution in [0, 0.1) is 0 Å². The fourth-order valence-corrected chi connectivity index (χ4v) is 2.33. The highest BCUT2D eigenvalue weighted by atomic mass is 15.3. The molecule has 0 amide bonds. The van der Waals surface area contributed by atoms with Crippen molar-refractivity contribution < 1.29 is 0 Å². The Bertz CT molecular complexity index is 526. The normalized spacial score (nSPS) is 12.8. The van der Waals surface area contributed by atoms with Crippen molar-refractivity contribution in [1.29, 1.82) is 0 Å². The van der Waals surface area contributed by atoms with Gasteiger partial charge in [0.15, 0.2) is 0 Å². The van der Waals surface area contributed by atoms with E-state index in [-0.39, 0.29) is 6.04 Å². The molecule has 0 aliphatic carbocycles. The maximum Gasteiger partial charge on any atom is 0.0776 e. The van der Waals surface area contributed by atoms with Crippen LogP contribution in [0.2, 0.25) is 0 Å². The molecule has 0 bridgehead atoms. The molecule has 0 saturated carbocycles. The number of aromatic nitrogens is 4. The molecule has 0 fully saturated rings. The molecular weight excluding hydrogens is 238 g/mol. The molecule has 2 aromatic rings. The lowest BCUT2D eigenvalue weighted by Gasteiger charge is -2.15. The van der Waals surface area contributed by atoms with E-state index < -0.39 is 0 Å². The van der Waals surface area contributed by atoms with E-state index in [1.807, 2.05) is 17.9 Å². The summed E-state index contributed by atoms with van der Waals surface area (Å²) in [5.74, 6) is 0. The summed E-state index contributed by atoms with van der Waals surface area (Å²) in [5.41, 5.74) is 3.53. The predicted molar refractivity (Wildman–Crippen MR) is 76.1 cm³/mol. The Morgan fingerprint density at radius 2 is 2.05 bits per heavy atom. The van der Waals surface area contributed by atoms with E-state index in [2.05, 4.69) is 53.2 Å². The standard InChI is InChI=1S/C14H23N5/c1-5-12-8-13(19(7-3)17-12)14(15-4)11-9-16-18(6-2)10-11/h8-10,14-15H,5-7H2,1-4H3. The van der Waals surface area contributed by atoms with E-state index in [9.17, 15) is 0 Å². The van der Waals surface area contributed by atoms with E-state index in [0.29, 0.717) is 0 Å². The molecule has 1 N–H and O–H groups in total. The maximum absolute atomic E-state index is 4.62. The maximum atomic E-state index is 4.62. The van der Waals surface area contributed by atoms with Gasteiger partial charge in [-0.25, -0.2) is 0 Å². The predicted octanol–water partition coefficient (Wildman–Crippen LogP) is 1.99. The van der Waals surface area contributed by atoms with Gasteiger partial charge in [0.2, 0.25) is 0 Å². The van der Waals surface area contributed by atoms with Crippen molar-refractivity contribution in [2.24, 2.45) is 0 Å². The van der Waals surface area contributed by atoms with Crippen molar-refractivity contribution in [3.63, 3.8) is 0 Å². The summed E-state index contributed by atoms with van der Waals surface area (Å²) in [6, 6.07) is 2.33. The zero-order valence-corrected chi connectivity index (χ0v) is 12.2. The second-order valence-electron chi connectivity index (χ2n) is 4.58. The molecule has 0 radical (unpaired) electrons. The highest BCUT2D eigenvalue weighted by Crippen LogP contribution is 2.22. The number of rotatable bonds is 6. The third-order valence-electron chi connectivity index (χ3n) is 3.42. The Kier molecular flexibility index (Phi) is 4.37. The van der Waals surface area contributed by atoms with Gasteiger partial charge in [0.1, 0.15) is 0 Å². The number of nitrogens with one attached hydrogen (secondary N) is 1. The second kappa shape index (κ2) is 6.02. The summed E-state index contributed by atoms with van der Waals surface area (Å²) in [7, 11) is 1.98. The first kappa shape index (κ1) is 13.8. The smallest absolute Gasteiger partial charge is 0.0776 e. The minimum absolute atomic E-state index is 0.146. The van der Waals surface area contributed by atoms with E-state index >= 15 is 0 Å². The lowest BCUT2D eigenvalue weighted by molar-refractivity contribution is 0.559. The van der Waals surface area contributed by atoms with Crippen LogP contribution in [-0.4, -0.2) is 26.6 Å². The van der Waals surface area contributed by atoms with Crippen LogP contribution < -0.4 is 5.32 Å². The van der Waals surface area contributed by atoms with Crippen LogP contribution >= 0.6 is 0 Å². The van der Waals surface area contributed by atoms with Crippen LogP contribution in [0.5, 0.6) is 0 Å². The minimum Gasteiger partial charge on any atom is -0.308 e. The molecule has 1 atom stereocenters. The van der Waals surface area contributed by atoms with Crippen LogP contribution in [0.3, 0.4) is 0 Å². The Balaban J connectivity index is 2.38. The largest absolute Gasteiger partial charge is 0.308 e. The third kappa shape index (κ3) is 2.71. The Labute approximate surface area is 114 Å². The Morgan fingerprint density at radius 3 is 2.58 bits per heavy atom. The molecule has 1 unspecified atom stereocenters. The van der Waals surface area contributed by atoms with Crippen LogP contribution in [0.1, 0.15) is 43.8 Å². The van der Waals surface area contributed by atoms with E-state index in [1.165, 1.54) is 11.3 Å². The fourth-order valence-electron chi connectivity index (χ4n) is 2.33. The third-order valence-corrected chi connectivity index (χ3v) is 3.42. The van der Waals surface area contributed by atoms with Crippen molar-refractivity contribution in [2.45, 2.75) is 46.3 Å². The van der Waals surface area contributed by atoms with Crippen LogP contribution in [0.4, 0.5) is 0 Å². The Hall–Kier alpha value is -1.62. The van der Waals surface area contributed by atoms with Crippen LogP contribution in [-0.2, 0) is 19.5 Å². The van der Waals surface area contributed by atoms with Crippen molar-refractivity contribution in [3.8, 4) is 0 Å². The van der Waals surface area contributed by atoms with Gasteiger partial charge in [0.25, 0.3) is 0 Å². The summed E-state index contributed by atoms with van der Waals surface area (Å²) >= 11 is 0. The molecule has 0 spiro atoms. The van der Waals surface area contributed by atoms with Gasteiger partial charge in [0.05, 0.1) is 23.6 Å². The molecular formula is C14H23N5. The van der Waals surface area contributed by atoms with E-state index in [0.717, 1.165) is 25.2 Å². The molecule has 2 aromatic heterocycles. The first-order valence-electron chi connectivity index (χ1n) is 6.99. The first-order chi connectivity index (χ1) is 9.23. The summed E-state index contributed by atoms with van der Waals surface area (Å²) in [6.07, 6.45) is 4.99. The lowest BCUT2D eigenvalue weighted by atomic mass is 10.1. The van der Waals surface area contributed by atoms with Gasteiger partial charge in [-0.2, -0.15) is 10.2 Å². The molecule has 104 valence electrons. The highest BCUT2D eigenvalue weighted by Gasteiger charge is 2.19. The number of hydrogen-bond acceptors (Lipinski definition) is 3. The Morgan fingerprint density at radius 1 is 1.26 bits per heavy atom. The van der Waals surface area contributed by atoms with Gasteiger partial charge < -0.3 is 5.32 Å². The van der Waals surface area contributed by atoms with Gasteiger partial charge in [-0.05, 0) is 33.4 Å². The van der Waals surface area contributed by atoms with Gasteiger partial charge in [-0.15, -0.1) is 0 Å². The molecule has 2 heterocycles. The number of nitrogens with zero attached hydrogens (tertiary/aromatic N) is 4. The monoisotopic (exact) mass is 261 g/mol. The average molecular weight is 261 g/mol. The van der Waals surface area contributed by atoms with Crippen molar-refractivity contribution in [3.05, 3.63) is 35.4 Å². The van der Waals surface area contributed by atoms with Crippen LogP contribution in [0.25, 0.3) is 0 Å². The van der Waals surface area contributed by atoms with E-state index in [1.54, 1.807) is 0 Å². The van der Waals surface area contributed by atoms with Gasteiger partial charge >= 0.3 is 0 Å². The molecule has 5 nitrogen and oxygen atoms in total. The molecule has 0 aliphatic rings. The van der Waals surface area contributed by atoms with Gasteiger partial charge in [-0.3, -0.25) is 9.36 Å². The molecule has 0 aromatic carbocycles. The molecule has 0 saturated heterocycles. The lowest BCUT2D eigenvalue weighted by Crippen LogP contribution is -2.21. The minimum atomic E-state index is 0.146. The summed E-state index contributed by atoms with van der Waals surface area (Å²) in [4.78, 5) is 0. The SMILES string of the molecule is CCc1cc(C(NC)c2cnn(CC)c2)n(CC)n1. The topological polar surface area (TPSA) is 47.7 Å². The van der Waals surface area contributed by atoms with Crippen LogP contribution in [0.15, 0.2) is 18.5 Å². The first-order valence-corrected chi connectivity index (χ1v) is 6.99. The highest BCUT2D eigenvalue weighted by molar-refractivity contribution is 5.26. The molecule has 19 heavy (non-hydrogen) atoms. The zero-order valence-electron chi connectivity index (χ0n) is 12.2. The van der Waals surface area contributed by atoms with Crippen molar-refractivity contribution in [2.75, 3.05) is 7.05 Å². The summed E-state index contributed by atoms with van der Waals surface area (Å²) in [6.45, 7) is 8.13. The number of hydrogen-bond donors (Lipinski definition) is 1. The quantitative estimate of drug-likeness (QED) is 0.865. The molecule has 0 aliphatic heterocycles. The zero-order chi connectivity index (χ0) is 13.8. The summed E-state index contributed by atoms with van der Waals surface area (Å²) < 4.78 is 4.02. The van der Waals surface area contributed by atoms with Crippen molar-refractivity contribution >= 4 is 0 Å². The number of aryl methyl sites for hydroxylation is 3. The average Bonchev–Trinajstić information content (AvgIpc) is 3.06. The fraction of sp³-hybridized carbons (Fsp3) is 0.571.